The van der Waals surface area contributed by atoms with Gasteiger partial charge in [0, 0.05) is 12.6 Å². The van der Waals surface area contributed by atoms with Crippen molar-refractivity contribution in [2.45, 2.75) is 44.7 Å². The van der Waals surface area contributed by atoms with Crippen molar-refractivity contribution in [1.29, 1.82) is 5.26 Å². The zero-order valence-electron chi connectivity index (χ0n) is 10.5. The Labute approximate surface area is 104 Å². The van der Waals surface area contributed by atoms with Crippen LogP contribution in [0.2, 0.25) is 0 Å². The molecule has 2 unspecified atom stereocenters. The van der Waals surface area contributed by atoms with Crippen LogP contribution in [0.3, 0.4) is 0 Å². The lowest BCUT2D eigenvalue weighted by molar-refractivity contribution is 0.117. The zero-order chi connectivity index (χ0) is 12.1. The first kappa shape index (κ1) is 12.1. The summed E-state index contributed by atoms with van der Waals surface area (Å²) in [7, 11) is 0. The minimum atomic E-state index is -0.0681. The van der Waals surface area contributed by atoms with Gasteiger partial charge in [0.1, 0.15) is 6.04 Å². The second-order valence-corrected chi connectivity index (χ2v) is 4.74. The molecule has 1 heterocycles. The molecule has 90 valence electrons. The molecule has 0 saturated carbocycles. The van der Waals surface area contributed by atoms with Crippen LogP contribution in [-0.2, 0) is 0 Å². The largest absolute Gasteiger partial charge is 0.281 e. The van der Waals surface area contributed by atoms with Gasteiger partial charge in [0.05, 0.1) is 6.07 Å². The van der Waals surface area contributed by atoms with Crippen LogP contribution in [0.15, 0.2) is 30.3 Å². The van der Waals surface area contributed by atoms with Crippen LogP contribution in [0.1, 0.15) is 44.2 Å². The number of nitriles is 1. The van der Waals surface area contributed by atoms with Crippen LogP contribution in [0.4, 0.5) is 0 Å². The number of piperidine rings is 1. The summed E-state index contributed by atoms with van der Waals surface area (Å²) in [6.07, 6.45) is 4.91. The first-order valence-corrected chi connectivity index (χ1v) is 6.57. The zero-order valence-corrected chi connectivity index (χ0v) is 10.5. The molecule has 0 N–H and O–H groups in total. The maximum absolute atomic E-state index is 9.45. The molecule has 2 atom stereocenters. The Morgan fingerprint density at radius 3 is 2.76 bits per heavy atom. The van der Waals surface area contributed by atoms with Crippen LogP contribution in [-0.4, -0.2) is 17.5 Å². The van der Waals surface area contributed by atoms with E-state index in [-0.39, 0.29) is 6.04 Å². The average Bonchev–Trinajstić information content (AvgIpc) is 2.41. The number of nitrogens with zero attached hydrogens (tertiary/aromatic N) is 2. The fourth-order valence-electron chi connectivity index (χ4n) is 2.78. The Bertz CT molecular complexity index is 380. The maximum Gasteiger partial charge on any atom is 0.124 e. The monoisotopic (exact) mass is 228 g/mol. The molecule has 0 aromatic heterocycles. The molecule has 2 heteroatoms. The lowest BCUT2D eigenvalue weighted by atomic mass is 9.95. The fraction of sp³-hybridized carbons (Fsp3) is 0.533. The van der Waals surface area contributed by atoms with E-state index in [1.807, 2.05) is 18.2 Å². The molecule has 2 nitrogen and oxygen atoms in total. The molecule has 0 spiro atoms. The predicted molar refractivity (Wildman–Crippen MR) is 69.4 cm³/mol. The van der Waals surface area contributed by atoms with Crippen LogP contribution in [0.5, 0.6) is 0 Å². The summed E-state index contributed by atoms with van der Waals surface area (Å²) >= 11 is 0. The Hall–Kier alpha value is -1.33. The average molecular weight is 228 g/mol. The van der Waals surface area contributed by atoms with Gasteiger partial charge in [-0.1, -0.05) is 43.7 Å². The summed E-state index contributed by atoms with van der Waals surface area (Å²) in [4.78, 5) is 2.39. The van der Waals surface area contributed by atoms with Crippen molar-refractivity contribution >= 4 is 0 Å². The van der Waals surface area contributed by atoms with E-state index in [1.165, 1.54) is 19.3 Å². The van der Waals surface area contributed by atoms with Crippen LogP contribution in [0.25, 0.3) is 0 Å². The number of hydrogen-bond acceptors (Lipinski definition) is 2. The SMILES string of the molecule is CCC1CCCCN1C(C#N)c1ccccc1. The minimum absolute atomic E-state index is 0.0681. The molecule has 2 rings (SSSR count). The number of rotatable bonds is 3. The van der Waals surface area contributed by atoms with E-state index < -0.39 is 0 Å². The molecule has 1 saturated heterocycles. The number of hydrogen-bond donors (Lipinski definition) is 0. The molecule has 1 aliphatic heterocycles. The molecule has 1 aromatic rings. The van der Waals surface area contributed by atoms with Crippen molar-refractivity contribution in [1.82, 2.24) is 4.90 Å². The Morgan fingerprint density at radius 1 is 1.35 bits per heavy atom. The lowest BCUT2D eigenvalue weighted by Gasteiger charge is -2.38. The third kappa shape index (κ3) is 2.68. The van der Waals surface area contributed by atoms with Gasteiger partial charge in [-0.3, -0.25) is 4.90 Å². The van der Waals surface area contributed by atoms with Crippen LogP contribution in [0, 0.1) is 11.3 Å². The van der Waals surface area contributed by atoms with Crippen molar-refractivity contribution < 1.29 is 0 Å². The van der Waals surface area contributed by atoms with Gasteiger partial charge in [0.2, 0.25) is 0 Å². The van der Waals surface area contributed by atoms with Gasteiger partial charge >= 0.3 is 0 Å². The van der Waals surface area contributed by atoms with Crippen molar-refractivity contribution in [2.24, 2.45) is 0 Å². The molecule has 0 amide bonds. The van der Waals surface area contributed by atoms with Crippen molar-refractivity contribution in [2.75, 3.05) is 6.54 Å². The van der Waals surface area contributed by atoms with E-state index in [9.17, 15) is 5.26 Å². The first-order chi connectivity index (χ1) is 8.36. The highest BCUT2D eigenvalue weighted by Gasteiger charge is 2.28. The van der Waals surface area contributed by atoms with Crippen LogP contribution < -0.4 is 0 Å². The molecule has 0 aliphatic carbocycles. The molecular weight excluding hydrogens is 208 g/mol. The van der Waals surface area contributed by atoms with Gasteiger partial charge in [-0.15, -0.1) is 0 Å². The molecule has 17 heavy (non-hydrogen) atoms. The fourth-order valence-corrected chi connectivity index (χ4v) is 2.78. The summed E-state index contributed by atoms with van der Waals surface area (Å²) < 4.78 is 0. The third-order valence-electron chi connectivity index (χ3n) is 3.71. The van der Waals surface area contributed by atoms with Gasteiger partial charge < -0.3 is 0 Å². The van der Waals surface area contributed by atoms with E-state index in [0.717, 1.165) is 18.5 Å². The summed E-state index contributed by atoms with van der Waals surface area (Å²) in [5.74, 6) is 0. The van der Waals surface area contributed by atoms with E-state index in [1.54, 1.807) is 0 Å². The van der Waals surface area contributed by atoms with E-state index in [0.29, 0.717) is 6.04 Å². The van der Waals surface area contributed by atoms with Gasteiger partial charge in [0.25, 0.3) is 0 Å². The van der Waals surface area contributed by atoms with Gasteiger partial charge in [-0.05, 0) is 24.8 Å². The third-order valence-corrected chi connectivity index (χ3v) is 3.71. The van der Waals surface area contributed by atoms with E-state index in [2.05, 4.69) is 30.0 Å². The first-order valence-electron chi connectivity index (χ1n) is 6.57. The molecule has 1 aromatic carbocycles. The van der Waals surface area contributed by atoms with Gasteiger partial charge in [-0.25, -0.2) is 0 Å². The summed E-state index contributed by atoms with van der Waals surface area (Å²) in [5, 5.41) is 9.45. The Morgan fingerprint density at radius 2 is 2.12 bits per heavy atom. The lowest BCUT2D eigenvalue weighted by Crippen LogP contribution is -2.41. The van der Waals surface area contributed by atoms with Crippen LogP contribution >= 0.6 is 0 Å². The van der Waals surface area contributed by atoms with Gasteiger partial charge in [0.15, 0.2) is 0 Å². The highest BCUT2D eigenvalue weighted by molar-refractivity contribution is 5.24. The standard InChI is InChI=1S/C15H20N2/c1-2-14-10-6-7-11-17(14)15(12-16)13-8-4-3-5-9-13/h3-5,8-9,14-15H,2,6-7,10-11H2,1H3. The van der Waals surface area contributed by atoms with Crippen molar-refractivity contribution in [3.8, 4) is 6.07 Å². The normalized spacial score (nSPS) is 22.9. The molecule has 1 fully saturated rings. The number of benzene rings is 1. The summed E-state index contributed by atoms with van der Waals surface area (Å²) in [6.45, 7) is 3.29. The minimum Gasteiger partial charge on any atom is -0.281 e. The molecule has 1 aliphatic rings. The predicted octanol–water partition coefficient (Wildman–Crippen LogP) is 3.52. The Kier molecular flexibility index (Phi) is 4.17. The van der Waals surface area contributed by atoms with Crippen molar-refractivity contribution in [3.63, 3.8) is 0 Å². The van der Waals surface area contributed by atoms with Crippen molar-refractivity contribution in [3.05, 3.63) is 35.9 Å². The highest BCUT2D eigenvalue weighted by Crippen LogP contribution is 2.29. The van der Waals surface area contributed by atoms with Gasteiger partial charge in [-0.2, -0.15) is 5.26 Å². The molecule has 0 radical (unpaired) electrons. The summed E-state index contributed by atoms with van der Waals surface area (Å²) in [5.41, 5.74) is 1.13. The topological polar surface area (TPSA) is 27.0 Å². The smallest absolute Gasteiger partial charge is 0.124 e. The Balaban J connectivity index is 2.20. The second kappa shape index (κ2) is 5.84. The van der Waals surface area contributed by atoms with E-state index >= 15 is 0 Å². The highest BCUT2D eigenvalue weighted by atomic mass is 15.2. The second-order valence-electron chi connectivity index (χ2n) is 4.74. The van der Waals surface area contributed by atoms with E-state index in [4.69, 9.17) is 0 Å². The quantitative estimate of drug-likeness (QED) is 0.791. The number of likely N-dealkylation sites (tertiary alicyclic amines) is 1. The molecular formula is C15H20N2. The molecule has 0 bridgehead atoms. The maximum atomic E-state index is 9.45. The summed E-state index contributed by atoms with van der Waals surface area (Å²) in [6, 6.07) is 13.2.